The first-order valence-corrected chi connectivity index (χ1v) is 6.29. The Kier molecular flexibility index (Phi) is 3.85. The van der Waals surface area contributed by atoms with Gasteiger partial charge in [-0.3, -0.25) is 0 Å². The van der Waals surface area contributed by atoms with Crippen molar-refractivity contribution < 1.29 is 19.4 Å². The maximum Gasteiger partial charge on any atom is 0.405 e. The standard InChI is InChI=1S/C10H11FIN3O3/c11-8-1-5(12)2-9(14-8)15-3-6(7(16)4-15)13-10(17)18/h1-2,6-7,13,16H,3-4H2,(H,17,18). The summed E-state index contributed by atoms with van der Waals surface area (Å²) in [5, 5.41) is 20.6. The van der Waals surface area contributed by atoms with Gasteiger partial charge in [-0.15, -0.1) is 0 Å². The lowest BCUT2D eigenvalue weighted by Gasteiger charge is -2.17. The molecule has 1 aromatic rings. The number of aromatic nitrogens is 1. The fraction of sp³-hybridized carbons (Fsp3) is 0.400. The number of nitrogens with one attached hydrogen (secondary N) is 1. The van der Waals surface area contributed by atoms with Crippen molar-refractivity contribution in [2.45, 2.75) is 12.1 Å². The summed E-state index contributed by atoms with van der Waals surface area (Å²) in [5.41, 5.74) is 0. The Balaban J connectivity index is 2.13. The Labute approximate surface area is 116 Å². The molecule has 3 N–H and O–H groups in total. The first kappa shape index (κ1) is 13.3. The Bertz CT molecular complexity index is 453. The molecule has 1 fully saturated rings. The minimum Gasteiger partial charge on any atom is -0.465 e. The van der Waals surface area contributed by atoms with Crippen molar-refractivity contribution in [3.63, 3.8) is 0 Å². The molecule has 0 aliphatic carbocycles. The van der Waals surface area contributed by atoms with Gasteiger partial charge in [0, 0.05) is 22.7 Å². The third-order valence-corrected chi connectivity index (χ3v) is 3.29. The molecule has 1 amide bonds. The summed E-state index contributed by atoms with van der Waals surface area (Å²) in [7, 11) is 0. The summed E-state index contributed by atoms with van der Waals surface area (Å²) in [5.74, 6) is -0.200. The van der Waals surface area contributed by atoms with Crippen molar-refractivity contribution in [2.75, 3.05) is 18.0 Å². The van der Waals surface area contributed by atoms with Crippen molar-refractivity contribution in [1.82, 2.24) is 10.3 Å². The normalized spacial score (nSPS) is 23.2. The van der Waals surface area contributed by atoms with E-state index in [2.05, 4.69) is 10.3 Å². The van der Waals surface area contributed by atoms with Crippen LogP contribution in [0, 0.1) is 9.52 Å². The van der Waals surface area contributed by atoms with Crippen molar-refractivity contribution >= 4 is 34.5 Å². The molecule has 0 radical (unpaired) electrons. The third kappa shape index (κ3) is 2.99. The molecule has 2 unspecified atom stereocenters. The zero-order chi connectivity index (χ0) is 13.3. The second-order valence-corrected chi connectivity index (χ2v) is 5.24. The zero-order valence-electron chi connectivity index (χ0n) is 9.18. The Morgan fingerprint density at radius 1 is 1.56 bits per heavy atom. The molecule has 1 aromatic heterocycles. The second-order valence-electron chi connectivity index (χ2n) is 3.99. The van der Waals surface area contributed by atoms with E-state index in [1.54, 1.807) is 11.0 Å². The topological polar surface area (TPSA) is 85.7 Å². The summed E-state index contributed by atoms with van der Waals surface area (Å²) >= 11 is 1.97. The van der Waals surface area contributed by atoms with Crippen LogP contribution in [0.5, 0.6) is 0 Å². The van der Waals surface area contributed by atoms with Crippen LogP contribution in [0.2, 0.25) is 0 Å². The Morgan fingerprint density at radius 2 is 2.28 bits per heavy atom. The van der Waals surface area contributed by atoms with Crippen LogP contribution in [0.3, 0.4) is 0 Å². The Hall–Kier alpha value is -1.16. The number of rotatable bonds is 2. The molecule has 0 bridgehead atoms. The van der Waals surface area contributed by atoms with Gasteiger partial charge in [0.1, 0.15) is 5.82 Å². The van der Waals surface area contributed by atoms with Crippen LogP contribution in [0.15, 0.2) is 12.1 Å². The smallest absolute Gasteiger partial charge is 0.405 e. The molecule has 8 heteroatoms. The second kappa shape index (κ2) is 5.22. The third-order valence-electron chi connectivity index (χ3n) is 2.67. The molecule has 18 heavy (non-hydrogen) atoms. The number of aliphatic hydroxyl groups is 1. The summed E-state index contributed by atoms with van der Waals surface area (Å²) in [6.07, 6.45) is -2.02. The summed E-state index contributed by atoms with van der Waals surface area (Å²) in [6.45, 7) is 0.484. The van der Waals surface area contributed by atoms with Gasteiger partial charge in [-0.05, 0) is 28.7 Å². The average molecular weight is 367 g/mol. The number of hydrogen-bond donors (Lipinski definition) is 3. The van der Waals surface area contributed by atoms with Crippen LogP contribution >= 0.6 is 22.6 Å². The van der Waals surface area contributed by atoms with Gasteiger partial charge in [0.2, 0.25) is 5.95 Å². The number of carboxylic acid groups (broad SMARTS) is 1. The summed E-state index contributed by atoms with van der Waals surface area (Å²) in [4.78, 5) is 15.9. The van der Waals surface area contributed by atoms with Crippen molar-refractivity contribution in [1.29, 1.82) is 0 Å². The SMILES string of the molecule is O=C(O)NC1CN(c2cc(I)cc(F)n2)CC1O. The number of β-amino-alcohol motifs (C(OH)–C–C–N with tert-alkyl or cyclic N) is 1. The molecule has 6 nitrogen and oxygen atoms in total. The van der Waals surface area contributed by atoms with Crippen LogP contribution in [-0.2, 0) is 0 Å². The van der Waals surface area contributed by atoms with Crippen molar-refractivity contribution in [2.24, 2.45) is 0 Å². The summed E-state index contributed by atoms with van der Waals surface area (Å²) in [6, 6.07) is 2.38. The van der Waals surface area contributed by atoms with E-state index in [4.69, 9.17) is 5.11 Å². The van der Waals surface area contributed by atoms with E-state index < -0.39 is 24.2 Å². The van der Waals surface area contributed by atoms with E-state index in [-0.39, 0.29) is 13.1 Å². The number of aliphatic hydroxyl groups excluding tert-OH is 1. The predicted octanol–water partition coefficient (Wildman–Crippen LogP) is 0.642. The molecule has 2 atom stereocenters. The lowest BCUT2D eigenvalue weighted by molar-refractivity contribution is 0.148. The van der Waals surface area contributed by atoms with Crippen molar-refractivity contribution in [3.05, 3.63) is 21.7 Å². The number of amides is 1. The molecule has 0 spiro atoms. The largest absolute Gasteiger partial charge is 0.465 e. The first-order valence-electron chi connectivity index (χ1n) is 5.21. The highest BCUT2D eigenvalue weighted by Crippen LogP contribution is 2.21. The number of hydrogen-bond acceptors (Lipinski definition) is 4. The van der Waals surface area contributed by atoms with Crippen LogP contribution in [0.4, 0.5) is 15.0 Å². The molecule has 2 rings (SSSR count). The molecule has 1 saturated heterocycles. The molecule has 2 heterocycles. The van der Waals surface area contributed by atoms with Gasteiger partial charge < -0.3 is 20.4 Å². The van der Waals surface area contributed by atoms with Gasteiger partial charge in [-0.25, -0.2) is 9.78 Å². The monoisotopic (exact) mass is 367 g/mol. The molecule has 98 valence electrons. The van der Waals surface area contributed by atoms with Crippen LogP contribution in [0.1, 0.15) is 0 Å². The molecule has 1 aliphatic rings. The molecule has 1 aliphatic heterocycles. The summed E-state index contributed by atoms with van der Waals surface area (Å²) < 4.78 is 13.9. The first-order chi connectivity index (χ1) is 8.45. The minimum atomic E-state index is -1.19. The van der Waals surface area contributed by atoms with E-state index in [1.165, 1.54) is 6.07 Å². The van der Waals surface area contributed by atoms with Crippen molar-refractivity contribution in [3.8, 4) is 0 Å². The fourth-order valence-electron chi connectivity index (χ4n) is 1.89. The molecule has 0 saturated carbocycles. The number of anilines is 1. The fourth-order valence-corrected chi connectivity index (χ4v) is 2.42. The quantitative estimate of drug-likeness (QED) is 0.528. The highest BCUT2D eigenvalue weighted by molar-refractivity contribution is 14.1. The van der Waals surface area contributed by atoms with E-state index in [0.29, 0.717) is 9.39 Å². The molecule has 0 aromatic carbocycles. The van der Waals surface area contributed by atoms with Crippen LogP contribution < -0.4 is 10.2 Å². The van der Waals surface area contributed by atoms with Gasteiger partial charge in [0.05, 0.1) is 12.1 Å². The van der Waals surface area contributed by atoms with Gasteiger partial charge >= 0.3 is 6.09 Å². The number of halogens is 2. The van der Waals surface area contributed by atoms with E-state index >= 15 is 0 Å². The number of nitrogens with zero attached hydrogens (tertiary/aromatic N) is 2. The number of pyridine rings is 1. The zero-order valence-corrected chi connectivity index (χ0v) is 11.3. The van der Waals surface area contributed by atoms with Gasteiger partial charge in [-0.1, -0.05) is 0 Å². The Morgan fingerprint density at radius 3 is 2.89 bits per heavy atom. The van der Waals surface area contributed by atoms with Gasteiger partial charge in [0.25, 0.3) is 0 Å². The van der Waals surface area contributed by atoms with Gasteiger partial charge in [0.15, 0.2) is 0 Å². The lowest BCUT2D eigenvalue weighted by Crippen LogP contribution is -2.42. The highest BCUT2D eigenvalue weighted by atomic mass is 127. The maximum absolute atomic E-state index is 13.2. The van der Waals surface area contributed by atoms with Crippen LogP contribution in [-0.4, -0.2) is 46.5 Å². The van der Waals surface area contributed by atoms with Gasteiger partial charge in [-0.2, -0.15) is 4.39 Å². The number of carbonyl (C=O) groups is 1. The predicted molar refractivity (Wildman–Crippen MR) is 70.1 cm³/mol. The van der Waals surface area contributed by atoms with Crippen LogP contribution in [0.25, 0.3) is 0 Å². The average Bonchev–Trinajstić information content (AvgIpc) is 2.58. The van der Waals surface area contributed by atoms with E-state index in [1.807, 2.05) is 22.6 Å². The lowest BCUT2D eigenvalue weighted by atomic mass is 10.2. The van der Waals surface area contributed by atoms with E-state index in [9.17, 15) is 14.3 Å². The maximum atomic E-state index is 13.2. The molecular formula is C10H11FIN3O3. The minimum absolute atomic E-state index is 0.220. The highest BCUT2D eigenvalue weighted by Gasteiger charge is 2.33. The molecular weight excluding hydrogens is 356 g/mol. The van der Waals surface area contributed by atoms with E-state index in [0.717, 1.165) is 0 Å².